The Morgan fingerprint density at radius 3 is 2.67 bits per heavy atom. The first-order valence-electron chi connectivity index (χ1n) is 2.93. The molecule has 0 saturated heterocycles. The fourth-order valence-corrected chi connectivity index (χ4v) is 1.22. The highest BCUT2D eigenvalue weighted by Gasteiger charge is 2.08. The summed E-state index contributed by atoms with van der Waals surface area (Å²) < 4.78 is 0. The Hall–Kier alpha value is -0.180. The van der Waals surface area contributed by atoms with Crippen molar-refractivity contribution in [1.82, 2.24) is 5.32 Å². The van der Waals surface area contributed by atoms with Crippen molar-refractivity contribution in [1.29, 1.82) is 0 Å². The van der Waals surface area contributed by atoms with Crippen LogP contribution in [0.15, 0.2) is 0 Å². The van der Waals surface area contributed by atoms with Gasteiger partial charge in [-0.05, 0) is 6.26 Å². The van der Waals surface area contributed by atoms with Gasteiger partial charge in [-0.1, -0.05) is 6.92 Å². The van der Waals surface area contributed by atoms with Crippen LogP contribution in [0, 0.1) is 5.92 Å². The predicted octanol–water partition coefficient (Wildman–Crippen LogP) is 0.732. The summed E-state index contributed by atoms with van der Waals surface area (Å²) in [6.45, 7) is 1.93. The lowest BCUT2D eigenvalue weighted by atomic mass is 10.2. The lowest BCUT2D eigenvalue weighted by Gasteiger charge is -2.05. The number of rotatable bonds is 3. The second kappa shape index (κ2) is 4.68. The lowest BCUT2D eigenvalue weighted by molar-refractivity contribution is -0.123. The van der Waals surface area contributed by atoms with Gasteiger partial charge in [-0.15, -0.1) is 0 Å². The van der Waals surface area contributed by atoms with Gasteiger partial charge < -0.3 is 5.32 Å². The van der Waals surface area contributed by atoms with Crippen LogP contribution in [-0.2, 0) is 4.79 Å². The Kier molecular flexibility index (Phi) is 4.58. The average molecular weight is 147 g/mol. The van der Waals surface area contributed by atoms with Crippen LogP contribution in [0.4, 0.5) is 0 Å². The van der Waals surface area contributed by atoms with Gasteiger partial charge in [-0.3, -0.25) is 4.79 Å². The Bertz CT molecular complexity index is 95.1. The normalized spacial score (nSPS) is 12.8. The van der Waals surface area contributed by atoms with Crippen LogP contribution in [0.5, 0.6) is 0 Å². The first-order valence-corrected chi connectivity index (χ1v) is 4.32. The summed E-state index contributed by atoms with van der Waals surface area (Å²) in [5.74, 6) is 1.17. The molecule has 54 valence electrons. The predicted molar refractivity (Wildman–Crippen MR) is 41.6 cm³/mol. The first-order chi connectivity index (χ1) is 4.22. The molecule has 0 spiro atoms. The molecule has 9 heavy (non-hydrogen) atoms. The lowest BCUT2D eigenvalue weighted by Crippen LogP contribution is -2.26. The molecule has 0 aliphatic heterocycles. The van der Waals surface area contributed by atoms with Crippen molar-refractivity contribution < 1.29 is 4.79 Å². The maximum absolute atomic E-state index is 10.8. The maximum Gasteiger partial charge on any atom is 0.223 e. The van der Waals surface area contributed by atoms with E-state index in [9.17, 15) is 4.79 Å². The van der Waals surface area contributed by atoms with E-state index in [2.05, 4.69) is 5.32 Å². The van der Waals surface area contributed by atoms with Crippen LogP contribution in [0.1, 0.15) is 6.92 Å². The summed E-state index contributed by atoms with van der Waals surface area (Å²) in [5, 5.41) is 2.60. The van der Waals surface area contributed by atoms with Gasteiger partial charge in [0.1, 0.15) is 0 Å². The van der Waals surface area contributed by atoms with E-state index in [0.29, 0.717) is 0 Å². The number of carbonyl (C=O) groups excluding carboxylic acids is 1. The van der Waals surface area contributed by atoms with E-state index in [4.69, 9.17) is 0 Å². The molecule has 0 rings (SSSR count). The molecule has 0 unspecified atom stereocenters. The fourth-order valence-electron chi connectivity index (χ4n) is 0.572. The highest BCUT2D eigenvalue weighted by molar-refractivity contribution is 7.98. The molecule has 0 heterocycles. The molecule has 0 aromatic carbocycles. The van der Waals surface area contributed by atoms with Gasteiger partial charge in [0.15, 0.2) is 0 Å². The van der Waals surface area contributed by atoms with E-state index in [1.807, 2.05) is 13.2 Å². The van der Waals surface area contributed by atoms with Crippen LogP contribution in [0.25, 0.3) is 0 Å². The summed E-state index contributed by atoms with van der Waals surface area (Å²) in [6, 6.07) is 0. The quantitative estimate of drug-likeness (QED) is 0.637. The topological polar surface area (TPSA) is 29.1 Å². The number of nitrogens with one attached hydrogen (secondary N) is 1. The molecule has 0 aliphatic carbocycles. The Morgan fingerprint density at radius 2 is 2.33 bits per heavy atom. The number of amides is 1. The van der Waals surface area contributed by atoms with Gasteiger partial charge in [0, 0.05) is 18.7 Å². The molecule has 1 N–H and O–H groups in total. The molecule has 1 atom stereocenters. The summed E-state index contributed by atoms with van der Waals surface area (Å²) in [5.41, 5.74) is 0. The summed E-state index contributed by atoms with van der Waals surface area (Å²) >= 11 is 1.69. The highest BCUT2D eigenvalue weighted by Crippen LogP contribution is 2.03. The third-order valence-electron chi connectivity index (χ3n) is 1.11. The Labute approximate surface area is 60.4 Å². The van der Waals surface area contributed by atoms with Gasteiger partial charge in [-0.2, -0.15) is 11.8 Å². The minimum absolute atomic E-state index is 0.129. The van der Waals surface area contributed by atoms with Gasteiger partial charge in [-0.25, -0.2) is 0 Å². The molecular formula is C6H13NOS. The zero-order chi connectivity index (χ0) is 7.28. The largest absolute Gasteiger partial charge is 0.359 e. The number of thioether (sulfide) groups is 1. The van der Waals surface area contributed by atoms with E-state index < -0.39 is 0 Å². The maximum atomic E-state index is 10.8. The molecule has 3 heteroatoms. The van der Waals surface area contributed by atoms with Gasteiger partial charge in [0.05, 0.1) is 0 Å². The molecule has 1 amide bonds. The second-order valence-corrected chi connectivity index (χ2v) is 2.88. The molecule has 0 fully saturated rings. The molecule has 0 radical (unpaired) electrons. The number of hydrogen-bond acceptors (Lipinski definition) is 2. The van der Waals surface area contributed by atoms with Crippen molar-refractivity contribution in [2.45, 2.75) is 6.92 Å². The van der Waals surface area contributed by atoms with Crippen LogP contribution in [0.3, 0.4) is 0 Å². The van der Waals surface area contributed by atoms with Crippen molar-refractivity contribution in [3.05, 3.63) is 0 Å². The molecule has 0 saturated carbocycles. The van der Waals surface area contributed by atoms with Crippen LogP contribution in [-0.4, -0.2) is 25.0 Å². The van der Waals surface area contributed by atoms with Crippen LogP contribution < -0.4 is 5.32 Å². The highest BCUT2D eigenvalue weighted by atomic mass is 32.2. The monoisotopic (exact) mass is 147 g/mol. The third-order valence-corrected chi connectivity index (χ3v) is 1.94. The zero-order valence-corrected chi connectivity index (χ0v) is 6.92. The molecular weight excluding hydrogens is 134 g/mol. The van der Waals surface area contributed by atoms with Crippen molar-refractivity contribution in [3.63, 3.8) is 0 Å². The second-order valence-electron chi connectivity index (χ2n) is 1.97. The molecule has 0 bridgehead atoms. The standard InChI is InChI=1S/C6H13NOS/c1-5(4-9-3)6(8)7-2/h5H,4H2,1-3H3,(H,7,8)/t5-/m1/s1. The Morgan fingerprint density at radius 1 is 1.78 bits per heavy atom. The van der Waals surface area contributed by atoms with Crippen LogP contribution >= 0.6 is 11.8 Å². The number of hydrogen-bond donors (Lipinski definition) is 1. The van der Waals surface area contributed by atoms with Gasteiger partial charge in [0.25, 0.3) is 0 Å². The van der Waals surface area contributed by atoms with E-state index in [-0.39, 0.29) is 11.8 Å². The average Bonchev–Trinajstić information content (AvgIpc) is 1.87. The SMILES string of the molecule is CNC(=O)[C@H](C)CSC. The fraction of sp³-hybridized carbons (Fsp3) is 0.833. The smallest absolute Gasteiger partial charge is 0.223 e. The van der Waals surface area contributed by atoms with Crippen LogP contribution in [0.2, 0.25) is 0 Å². The zero-order valence-electron chi connectivity index (χ0n) is 6.10. The van der Waals surface area contributed by atoms with E-state index in [1.165, 1.54) is 0 Å². The summed E-state index contributed by atoms with van der Waals surface area (Å²) in [7, 11) is 1.67. The van der Waals surface area contributed by atoms with Crippen molar-refractivity contribution >= 4 is 17.7 Å². The van der Waals surface area contributed by atoms with E-state index in [0.717, 1.165) is 5.75 Å². The molecule has 0 aromatic rings. The first kappa shape index (κ1) is 8.82. The number of carbonyl (C=O) groups is 1. The summed E-state index contributed by atoms with van der Waals surface area (Å²) in [4.78, 5) is 10.8. The Balaban J connectivity index is 3.45. The van der Waals surface area contributed by atoms with E-state index in [1.54, 1.807) is 18.8 Å². The summed E-state index contributed by atoms with van der Waals surface area (Å²) in [6.07, 6.45) is 2.00. The molecule has 0 aliphatic rings. The molecule has 0 aromatic heterocycles. The van der Waals surface area contributed by atoms with Gasteiger partial charge in [0.2, 0.25) is 5.91 Å². The minimum atomic E-state index is 0.129. The van der Waals surface area contributed by atoms with Crippen molar-refractivity contribution in [2.24, 2.45) is 5.92 Å². The van der Waals surface area contributed by atoms with Crippen molar-refractivity contribution in [2.75, 3.05) is 19.1 Å². The molecule has 2 nitrogen and oxygen atoms in total. The third kappa shape index (κ3) is 3.40. The minimum Gasteiger partial charge on any atom is -0.359 e. The van der Waals surface area contributed by atoms with E-state index >= 15 is 0 Å². The van der Waals surface area contributed by atoms with Crippen molar-refractivity contribution in [3.8, 4) is 0 Å². The van der Waals surface area contributed by atoms with Gasteiger partial charge >= 0.3 is 0 Å².